The first-order chi connectivity index (χ1) is 29.2. The molecular weight excluding hydrogens is 798 g/mol. The van der Waals surface area contributed by atoms with Gasteiger partial charge in [0, 0.05) is 55.5 Å². The third kappa shape index (κ3) is 8.96. The molecule has 0 radical (unpaired) electrons. The number of hydrogen-bond acceptors (Lipinski definition) is 11. The van der Waals surface area contributed by atoms with Crippen molar-refractivity contribution in [2.24, 2.45) is 5.92 Å². The lowest BCUT2D eigenvalue weighted by Gasteiger charge is -2.36. The van der Waals surface area contributed by atoms with E-state index in [4.69, 9.17) is 14.6 Å². The van der Waals surface area contributed by atoms with E-state index in [-0.39, 0.29) is 47.9 Å². The van der Waals surface area contributed by atoms with Gasteiger partial charge in [-0.25, -0.2) is 4.98 Å². The second kappa shape index (κ2) is 17.2. The van der Waals surface area contributed by atoms with Crippen molar-refractivity contribution in [1.82, 2.24) is 29.9 Å². The topological polar surface area (TPSA) is 177 Å². The van der Waals surface area contributed by atoms with E-state index in [9.17, 15) is 37.1 Å². The minimum absolute atomic E-state index is 0.0665. The molecule has 0 spiro atoms. The van der Waals surface area contributed by atoms with Gasteiger partial charge in [0.1, 0.15) is 23.2 Å². The predicted molar refractivity (Wildman–Crippen MR) is 216 cm³/mol. The average molecular weight is 845 g/mol. The van der Waals surface area contributed by atoms with Crippen molar-refractivity contribution in [2.75, 3.05) is 44.5 Å². The Morgan fingerprint density at radius 2 is 1.75 bits per heavy atom. The number of piperidine rings is 1. The van der Waals surface area contributed by atoms with Gasteiger partial charge in [-0.1, -0.05) is 12.1 Å². The van der Waals surface area contributed by atoms with Gasteiger partial charge in [-0.3, -0.25) is 38.9 Å². The van der Waals surface area contributed by atoms with Crippen LogP contribution in [0.4, 0.5) is 24.5 Å². The van der Waals surface area contributed by atoms with Gasteiger partial charge in [-0.15, -0.1) is 0 Å². The van der Waals surface area contributed by atoms with E-state index in [0.717, 1.165) is 80.5 Å². The number of ether oxygens (including phenoxy) is 2. The molecule has 2 aromatic heterocycles. The molecule has 5 amide bonds. The number of nitrogens with one attached hydrogen (secondary N) is 3. The maximum Gasteiger partial charge on any atom is 0.433 e. The fraction of sp³-hybridized carbons (Fsp3) is 0.465. The number of nitrogens with zero attached hydrogens (tertiary/aromatic N) is 5. The molecule has 2 aliphatic carbocycles. The van der Waals surface area contributed by atoms with Gasteiger partial charge in [0.15, 0.2) is 0 Å². The summed E-state index contributed by atoms with van der Waals surface area (Å²) in [5.41, 5.74) is 0.534. The summed E-state index contributed by atoms with van der Waals surface area (Å²) in [6.07, 6.45) is 3.96. The Labute approximate surface area is 349 Å². The van der Waals surface area contributed by atoms with E-state index < -0.39 is 47.4 Å². The number of rotatable bonds is 14. The summed E-state index contributed by atoms with van der Waals surface area (Å²) in [5, 5.41) is 13.8. The number of aromatic nitrogens is 3. The second-order valence-corrected chi connectivity index (χ2v) is 16.4. The molecule has 18 heteroatoms. The summed E-state index contributed by atoms with van der Waals surface area (Å²) in [4.78, 5) is 70.3. The van der Waals surface area contributed by atoms with Crippen molar-refractivity contribution in [2.45, 2.75) is 88.2 Å². The van der Waals surface area contributed by atoms with E-state index >= 15 is 0 Å². The summed E-state index contributed by atoms with van der Waals surface area (Å²) in [5.74, 6) is -2.01. The van der Waals surface area contributed by atoms with Crippen LogP contribution in [0.15, 0.2) is 54.7 Å². The summed E-state index contributed by atoms with van der Waals surface area (Å²) < 4.78 is 53.1. The number of fused-ring (bicyclic) bond motifs is 2. The van der Waals surface area contributed by atoms with Crippen LogP contribution in [0.3, 0.4) is 0 Å². The van der Waals surface area contributed by atoms with Crippen molar-refractivity contribution >= 4 is 51.8 Å². The van der Waals surface area contributed by atoms with Gasteiger partial charge in [0.05, 0.1) is 41.6 Å². The molecule has 1 saturated heterocycles. The molecule has 2 aromatic carbocycles. The zero-order valence-electron chi connectivity index (χ0n) is 33.8. The minimum atomic E-state index is -4.67. The van der Waals surface area contributed by atoms with Gasteiger partial charge in [-0.2, -0.15) is 18.3 Å². The van der Waals surface area contributed by atoms with Crippen LogP contribution < -0.4 is 20.7 Å². The quantitative estimate of drug-likeness (QED) is 0.103. The lowest BCUT2D eigenvalue weighted by atomic mass is 9.86. The molecule has 4 aromatic rings. The number of alkyl halides is 3. The zero-order valence-corrected chi connectivity index (χ0v) is 33.8. The first-order valence-electron chi connectivity index (χ1n) is 20.6. The molecule has 4 heterocycles. The minimum Gasteiger partial charge on any atom is -0.494 e. The Morgan fingerprint density at radius 3 is 2.49 bits per heavy atom. The molecule has 2 aliphatic heterocycles. The Bertz CT molecular complexity index is 2360. The number of halogens is 3. The average Bonchev–Trinajstić information content (AvgIpc) is 3.75. The highest BCUT2D eigenvalue weighted by atomic mass is 19.4. The fourth-order valence-electron chi connectivity index (χ4n) is 8.81. The number of carbonyl (C=O) groups is 5. The molecule has 3 fully saturated rings. The lowest BCUT2D eigenvalue weighted by Crippen LogP contribution is -2.54. The van der Waals surface area contributed by atoms with Crippen LogP contribution in [0.25, 0.3) is 10.9 Å². The highest BCUT2D eigenvalue weighted by Crippen LogP contribution is 2.37. The third-order valence-corrected chi connectivity index (χ3v) is 12.1. The highest BCUT2D eigenvalue weighted by molar-refractivity contribution is 6.25. The van der Waals surface area contributed by atoms with Crippen molar-refractivity contribution in [1.29, 1.82) is 0 Å². The van der Waals surface area contributed by atoms with Crippen LogP contribution >= 0.6 is 0 Å². The van der Waals surface area contributed by atoms with E-state index in [0.29, 0.717) is 35.2 Å². The van der Waals surface area contributed by atoms with E-state index in [1.165, 1.54) is 13.2 Å². The number of hydrogen-bond donors (Lipinski definition) is 3. The molecule has 1 unspecified atom stereocenters. The van der Waals surface area contributed by atoms with E-state index in [1.807, 2.05) is 10.9 Å². The van der Waals surface area contributed by atoms with Crippen LogP contribution in [-0.2, 0) is 20.5 Å². The summed E-state index contributed by atoms with van der Waals surface area (Å²) >= 11 is 0. The molecule has 2 saturated carbocycles. The predicted octanol–water partition coefficient (Wildman–Crippen LogP) is 5.83. The van der Waals surface area contributed by atoms with Gasteiger partial charge in [-0.05, 0) is 94.7 Å². The molecule has 8 rings (SSSR count). The first-order valence-corrected chi connectivity index (χ1v) is 20.6. The lowest BCUT2D eigenvalue weighted by molar-refractivity contribution is -0.141. The van der Waals surface area contributed by atoms with Crippen LogP contribution in [-0.4, -0.2) is 106 Å². The Morgan fingerprint density at radius 1 is 0.984 bits per heavy atom. The van der Waals surface area contributed by atoms with Gasteiger partial charge in [0.25, 0.3) is 17.7 Å². The molecular formula is C43H47F3N8O7. The Balaban J connectivity index is 0.750. The highest BCUT2D eigenvalue weighted by Gasteiger charge is 2.46. The number of anilines is 2. The maximum atomic E-state index is 13.4. The summed E-state index contributed by atoms with van der Waals surface area (Å²) in [6.45, 7) is 2.52. The van der Waals surface area contributed by atoms with Crippen LogP contribution in [0.1, 0.15) is 101 Å². The maximum absolute atomic E-state index is 13.4. The van der Waals surface area contributed by atoms with Crippen molar-refractivity contribution in [3.63, 3.8) is 0 Å². The largest absolute Gasteiger partial charge is 0.494 e. The molecule has 1 atom stereocenters. The Hall–Kier alpha value is -5.88. The molecule has 3 N–H and O–H groups in total. The van der Waals surface area contributed by atoms with Crippen molar-refractivity contribution < 1.29 is 46.6 Å². The number of benzene rings is 2. The number of carbonyl (C=O) groups excluding carboxylic acids is 5. The molecule has 4 aliphatic rings. The second-order valence-electron chi connectivity index (χ2n) is 16.4. The van der Waals surface area contributed by atoms with E-state index in [1.54, 1.807) is 30.3 Å². The number of amides is 5. The van der Waals surface area contributed by atoms with Gasteiger partial charge < -0.3 is 25.0 Å². The number of imide groups is 2. The smallest absolute Gasteiger partial charge is 0.433 e. The van der Waals surface area contributed by atoms with Crippen LogP contribution in [0.5, 0.6) is 5.75 Å². The molecule has 15 nitrogen and oxygen atoms in total. The molecule has 61 heavy (non-hydrogen) atoms. The van der Waals surface area contributed by atoms with Crippen LogP contribution in [0.2, 0.25) is 0 Å². The van der Waals surface area contributed by atoms with Crippen LogP contribution in [0, 0.1) is 5.92 Å². The first kappa shape index (κ1) is 41.8. The number of methoxy groups -OCH3 is 1. The zero-order chi connectivity index (χ0) is 43.0. The Kier molecular flexibility index (Phi) is 11.8. The molecule has 322 valence electrons. The van der Waals surface area contributed by atoms with E-state index in [2.05, 4.69) is 32.9 Å². The third-order valence-electron chi connectivity index (χ3n) is 12.1. The standard InChI is InChI=1S/C43H47F3N8O7/c1-52(16-5-17-61-28-19-26(20-28)47-30-7-3-6-29-38(30)42(59)54(41(29)58)34-14-15-37(55)50-40(34)57)22-24-10-12-27(13-11-24)53-23-25-18-33(35(60-2)21-32(25)51-53)49-39(56)31-8-4-9-36(48-31)43(44,45)46/h3-4,6-9,18,21,23-24,26-28,34,47H,5,10-17,19-20,22H2,1-2H3,(H,49,56)(H,50,55,57). The normalized spacial score (nSPS) is 22.9. The van der Waals surface area contributed by atoms with Gasteiger partial charge >= 0.3 is 6.18 Å². The summed E-state index contributed by atoms with van der Waals surface area (Å²) in [7, 11) is 3.58. The monoisotopic (exact) mass is 844 g/mol. The fourth-order valence-corrected chi connectivity index (χ4v) is 8.81. The summed E-state index contributed by atoms with van der Waals surface area (Å²) in [6, 6.07) is 10.9. The van der Waals surface area contributed by atoms with Gasteiger partial charge in [0.2, 0.25) is 11.8 Å². The SMILES string of the molecule is COc1cc2nn(C3CCC(CN(C)CCCOC4CC(Nc5cccc6c5C(=O)N(C5CCC(=O)NC5=O)C6=O)C4)CC3)cc2cc1NC(=O)c1cccc(C(F)(F)F)n1. The van der Waals surface area contributed by atoms with Crippen molar-refractivity contribution in [3.8, 4) is 5.75 Å². The van der Waals surface area contributed by atoms with Crippen molar-refractivity contribution in [3.05, 3.63) is 77.2 Å². The number of pyridine rings is 1. The molecule has 0 bridgehead atoms.